The molecule has 5 nitrogen and oxygen atoms in total. The Morgan fingerprint density at radius 2 is 1.73 bits per heavy atom. The normalized spacial score (nSPS) is 11.0. The summed E-state index contributed by atoms with van der Waals surface area (Å²) in [6.45, 7) is 2.54. The molecular formula is C17H24O5. The summed E-state index contributed by atoms with van der Waals surface area (Å²) in [4.78, 5) is 11.5. The van der Waals surface area contributed by atoms with Gasteiger partial charge in [-0.2, -0.15) is 0 Å². The van der Waals surface area contributed by atoms with E-state index >= 15 is 0 Å². The molecule has 0 heterocycles. The molecule has 0 bridgehead atoms. The molecule has 0 saturated carbocycles. The van der Waals surface area contributed by atoms with Crippen LogP contribution in [0.5, 0.6) is 17.2 Å². The lowest BCUT2D eigenvalue weighted by atomic mass is 10.1. The Labute approximate surface area is 130 Å². The summed E-state index contributed by atoms with van der Waals surface area (Å²) < 4.78 is 5.04. The van der Waals surface area contributed by atoms with Gasteiger partial charge in [0.2, 0.25) is 5.75 Å². The smallest absolute Gasteiger partial charge is 0.330 e. The first-order valence-corrected chi connectivity index (χ1v) is 7.65. The average Bonchev–Trinajstić information content (AvgIpc) is 2.51. The fourth-order valence-corrected chi connectivity index (χ4v) is 1.98. The fourth-order valence-electron chi connectivity index (χ4n) is 1.98. The van der Waals surface area contributed by atoms with Crippen LogP contribution in [0.2, 0.25) is 0 Å². The average molecular weight is 308 g/mol. The van der Waals surface area contributed by atoms with Crippen molar-refractivity contribution in [1.29, 1.82) is 0 Å². The van der Waals surface area contributed by atoms with Crippen molar-refractivity contribution in [2.75, 3.05) is 6.61 Å². The molecule has 0 aliphatic heterocycles. The van der Waals surface area contributed by atoms with Gasteiger partial charge in [-0.1, -0.05) is 39.0 Å². The number of phenols is 3. The van der Waals surface area contributed by atoms with Crippen LogP contribution in [0.25, 0.3) is 6.08 Å². The molecule has 0 radical (unpaired) electrons. The number of esters is 1. The zero-order chi connectivity index (χ0) is 16.4. The van der Waals surface area contributed by atoms with Crippen LogP contribution in [0.1, 0.15) is 51.0 Å². The lowest BCUT2D eigenvalue weighted by Gasteiger charge is -2.04. The van der Waals surface area contributed by atoms with Gasteiger partial charge >= 0.3 is 5.97 Å². The van der Waals surface area contributed by atoms with Gasteiger partial charge in [0.1, 0.15) is 0 Å². The Bertz CT molecular complexity index is 508. The number of unbranched alkanes of at least 4 members (excludes halogenated alkanes) is 5. The lowest BCUT2D eigenvalue weighted by molar-refractivity contribution is -0.137. The van der Waals surface area contributed by atoms with Gasteiger partial charge in [0.15, 0.2) is 11.5 Å². The molecule has 0 saturated heterocycles. The van der Waals surface area contributed by atoms with E-state index < -0.39 is 23.2 Å². The molecule has 0 aliphatic carbocycles. The van der Waals surface area contributed by atoms with Gasteiger partial charge in [-0.15, -0.1) is 0 Å². The molecule has 0 spiro atoms. The molecule has 0 aliphatic rings. The van der Waals surface area contributed by atoms with Crippen molar-refractivity contribution >= 4 is 12.0 Å². The highest BCUT2D eigenvalue weighted by Crippen LogP contribution is 2.37. The number of aromatic hydroxyl groups is 3. The highest BCUT2D eigenvalue weighted by molar-refractivity contribution is 5.88. The van der Waals surface area contributed by atoms with Crippen molar-refractivity contribution in [2.24, 2.45) is 0 Å². The molecule has 5 heteroatoms. The molecule has 3 N–H and O–H groups in total. The van der Waals surface area contributed by atoms with E-state index in [0.717, 1.165) is 19.3 Å². The highest BCUT2D eigenvalue weighted by atomic mass is 16.5. The lowest BCUT2D eigenvalue weighted by Crippen LogP contribution is -2.02. The molecule has 0 aromatic heterocycles. The second-order valence-electron chi connectivity index (χ2n) is 5.14. The van der Waals surface area contributed by atoms with Gasteiger partial charge in [0, 0.05) is 11.6 Å². The number of carbonyl (C=O) groups excluding carboxylic acids is 1. The number of hydrogen-bond acceptors (Lipinski definition) is 5. The quantitative estimate of drug-likeness (QED) is 0.280. The Balaban J connectivity index is 2.32. The monoisotopic (exact) mass is 308 g/mol. The molecule has 0 amide bonds. The minimum Gasteiger partial charge on any atom is -0.504 e. The van der Waals surface area contributed by atoms with Crippen LogP contribution < -0.4 is 0 Å². The maximum absolute atomic E-state index is 11.5. The first-order valence-electron chi connectivity index (χ1n) is 7.65. The third kappa shape index (κ3) is 6.08. The summed E-state index contributed by atoms with van der Waals surface area (Å²) in [5.41, 5.74) is 0.229. The van der Waals surface area contributed by atoms with Crippen LogP contribution >= 0.6 is 0 Å². The SMILES string of the molecule is CCCCCCCCOC(=O)/C=C/c1ccc(O)c(O)c1O. The molecule has 0 fully saturated rings. The molecule has 22 heavy (non-hydrogen) atoms. The van der Waals surface area contributed by atoms with Gasteiger partial charge in [-0.3, -0.25) is 0 Å². The molecule has 122 valence electrons. The van der Waals surface area contributed by atoms with Crippen LogP contribution in [0.15, 0.2) is 18.2 Å². The number of hydrogen-bond donors (Lipinski definition) is 3. The molecule has 0 atom stereocenters. The molecule has 1 rings (SSSR count). The Morgan fingerprint density at radius 3 is 2.45 bits per heavy atom. The Hall–Kier alpha value is -2.17. The summed E-state index contributed by atoms with van der Waals surface area (Å²) in [5.74, 6) is -2.00. The zero-order valence-electron chi connectivity index (χ0n) is 12.9. The summed E-state index contributed by atoms with van der Waals surface area (Å²) in [5, 5.41) is 28.2. The van der Waals surface area contributed by atoms with Crippen LogP contribution in [-0.4, -0.2) is 27.9 Å². The fraction of sp³-hybridized carbons (Fsp3) is 0.471. The van der Waals surface area contributed by atoms with E-state index in [0.29, 0.717) is 6.61 Å². The van der Waals surface area contributed by atoms with Crippen molar-refractivity contribution in [3.63, 3.8) is 0 Å². The maximum atomic E-state index is 11.5. The Kier molecular flexibility index (Phi) is 7.89. The van der Waals surface area contributed by atoms with E-state index in [9.17, 15) is 20.1 Å². The minimum atomic E-state index is -0.609. The predicted molar refractivity (Wildman–Crippen MR) is 84.8 cm³/mol. The second-order valence-corrected chi connectivity index (χ2v) is 5.14. The molecule has 0 unspecified atom stereocenters. The largest absolute Gasteiger partial charge is 0.504 e. The van der Waals surface area contributed by atoms with E-state index in [4.69, 9.17) is 4.74 Å². The summed E-state index contributed by atoms with van der Waals surface area (Å²) in [6, 6.07) is 2.62. The van der Waals surface area contributed by atoms with Gasteiger partial charge in [-0.25, -0.2) is 4.79 Å². The molecule has 1 aromatic rings. The van der Waals surface area contributed by atoms with E-state index in [-0.39, 0.29) is 5.56 Å². The van der Waals surface area contributed by atoms with Crippen LogP contribution in [0.3, 0.4) is 0 Å². The predicted octanol–water partition coefficient (Wildman–Crippen LogP) is 3.72. The van der Waals surface area contributed by atoms with Gasteiger partial charge < -0.3 is 20.1 Å². The zero-order valence-corrected chi connectivity index (χ0v) is 12.9. The topological polar surface area (TPSA) is 87.0 Å². The van der Waals surface area contributed by atoms with Gasteiger partial charge in [-0.05, 0) is 24.6 Å². The third-order valence-electron chi connectivity index (χ3n) is 3.30. The van der Waals surface area contributed by atoms with E-state index in [1.54, 1.807) is 0 Å². The molecular weight excluding hydrogens is 284 g/mol. The van der Waals surface area contributed by atoms with Crippen LogP contribution in [0, 0.1) is 0 Å². The van der Waals surface area contributed by atoms with Crippen molar-refractivity contribution in [3.8, 4) is 17.2 Å². The first-order chi connectivity index (χ1) is 10.6. The van der Waals surface area contributed by atoms with Crippen molar-refractivity contribution in [3.05, 3.63) is 23.8 Å². The standard InChI is InChI=1S/C17H24O5/c1-2-3-4-5-6-7-12-22-15(19)11-9-13-8-10-14(18)17(21)16(13)20/h8-11,18,20-21H,2-7,12H2,1H3/b11-9+. The van der Waals surface area contributed by atoms with Crippen molar-refractivity contribution in [1.82, 2.24) is 0 Å². The van der Waals surface area contributed by atoms with E-state index in [1.807, 2.05) is 0 Å². The maximum Gasteiger partial charge on any atom is 0.330 e. The number of rotatable bonds is 9. The van der Waals surface area contributed by atoms with E-state index in [1.165, 1.54) is 43.5 Å². The number of ether oxygens (including phenoxy) is 1. The van der Waals surface area contributed by atoms with Crippen LogP contribution in [-0.2, 0) is 9.53 Å². The Morgan fingerprint density at radius 1 is 1.05 bits per heavy atom. The summed E-state index contributed by atoms with van der Waals surface area (Å²) in [7, 11) is 0. The summed E-state index contributed by atoms with van der Waals surface area (Å²) >= 11 is 0. The summed E-state index contributed by atoms with van der Waals surface area (Å²) in [6.07, 6.45) is 9.22. The van der Waals surface area contributed by atoms with Gasteiger partial charge in [0.25, 0.3) is 0 Å². The molecule has 1 aromatic carbocycles. The number of carbonyl (C=O) groups is 1. The third-order valence-corrected chi connectivity index (χ3v) is 3.30. The second kappa shape index (κ2) is 9.71. The van der Waals surface area contributed by atoms with Crippen molar-refractivity contribution < 1.29 is 24.9 Å². The van der Waals surface area contributed by atoms with Crippen molar-refractivity contribution in [2.45, 2.75) is 45.4 Å². The highest BCUT2D eigenvalue weighted by Gasteiger charge is 2.09. The number of phenolic OH excluding ortho intramolecular Hbond substituents is 3. The first kappa shape index (κ1) is 17.9. The van der Waals surface area contributed by atoms with E-state index in [2.05, 4.69) is 6.92 Å². The number of benzene rings is 1. The minimum absolute atomic E-state index is 0.229. The van der Waals surface area contributed by atoms with Gasteiger partial charge in [0.05, 0.1) is 6.61 Å². The van der Waals surface area contributed by atoms with Crippen LogP contribution in [0.4, 0.5) is 0 Å².